The quantitative estimate of drug-likeness (QED) is 0.769. The zero-order valence-electron chi connectivity index (χ0n) is 8.51. The topological polar surface area (TPSA) is 22.1 Å². The van der Waals surface area contributed by atoms with E-state index >= 15 is 0 Å². The Kier molecular flexibility index (Phi) is 4.14. The van der Waals surface area contributed by atoms with Gasteiger partial charge in [-0.3, -0.25) is 0 Å². The van der Waals surface area contributed by atoms with Crippen molar-refractivity contribution in [2.24, 2.45) is 0 Å². The number of pyridine rings is 1. The summed E-state index contributed by atoms with van der Waals surface area (Å²) in [5.41, 5.74) is 2.25. The molecule has 0 saturated heterocycles. The Bertz CT molecular complexity index is 336. The van der Waals surface area contributed by atoms with E-state index in [2.05, 4.69) is 27.5 Å². The molecule has 0 aliphatic rings. The zero-order valence-corrected chi connectivity index (χ0v) is 10.1. The number of hydrogen-bond acceptors (Lipinski definition) is 2. The van der Waals surface area contributed by atoms with Gasteiger partial charge in [0.05, 0.1) is 11.1 Å². The second-order valence-electron chi connectivity index (χ2n) is 3.30. The lowest BCUT2D eigenvalue weighted by Crippen LogP contribution is -2.00. The summed E-state index contributed by atoms with van der Waals surface area (Å²) in [6, 6.07) is 1.94. The second-order valence-corrected chi connectivity index (χ2v) is 4.10. The van der Waals surface area contributed by atoms with Crippen LogP contribution in [0.25, 0.3) is 0 Å². The molecule has 0 N–H and O–H groups in total. The van der Waals surface area contributed by atoms with Crippen LogP contribution >= 0.6 is 15.9 Å². The summed E-state index contributed by atoms with van der Waals surface area (Å²) < 4.78 is 6.44. The van der Waals surface area contributed by atoms with Gasteiger partial charge in [-0.1, -0.05) is 5.57 Å². The monoisotopic (exact) mass is 255 g/mol. The van der Waals surface area contributed by atoms with Gasteiger partial charge >= 0.3 is 0 Å². The molecule has 0 fully saturated rings. The van der Waals surface area contributed by atoms with E-state index in [0.29, 0.717) is 12.5 Å². The molecule has 0 aliphatic carbocycles. The van der Waals surface area contributed by atoms with Gasteiger partial charge in [0.2, 0.25) is 5.88 Å². The van der Waals surface area contributed by atoms with Gasteiger partial charge in [0.15, 0.2) is 0 Å². The molecule has 2 nitrogen and oxygen atoms in total. The molecule has 0 atom stereocenters. The number of aryl methyl sites for hydroxylation is 1. The average molecular weight is 256 g/mol. The van der Waals surface area contributed by atoms with Crippen LogP contribution < -0.4 is 4.74 Å². The molecule has 3 heteroatoms. The lowest BCUT2D eigenvalue weighted by molar-refractivity contribution is 0.307. The molecule has 0 saturated carbocycles. The first-order valence-corrected chi connectivity index (χ1v) is 5.29. The highest BCUT2D eigenvalue weighted by atomic mass is 79.9. The largest absolute Gasteiger partial charge is 0.477 e. The van der Waals surface area contributed by atoms with Crippen LogP contribution in [0, 0.1) is 6.92 Å². The molecule has 1 aromatic rings. The number of nitrogens with zero attached hydrogens (tertiary/aromatic N) is 1. The van der Waals surface area contributed by atoms with Gasteiger partial charge in [0.1, 0.15) is 0 Å². The average Bonchev–Trinajstić information content (AvgIpc) is 2.12. The van der Waals surface area contributed by atoms with E-state index < -0.39 is 0 Å². The lowest BCUT2D eigenvalue weighted by Gasteiger charge is -2.07. The standard InChI is InChI=1S/C11H14BrNO/c1-8(2)5-7-14-11-10(12)9(3)4-6-13-11/h4,6H,1,5,7H2,2-3H3. The van der Waals surface area contributed by atoms with Crippen LogP contribution in [0.4, 0.5) is 0 Å². The minimum Gasteiger partial charge on any atom is -0.477 e. The van der Waals surface area contributed by atoms with Crippen molar-refractivity contribution in [1.29, 1.82) is 0 Å². The van der Waals surface area contributed by atoms with Crippen molar-refractivity contribution in [3.8, 4) is 5.88 Å². The van der Waals surface area contributed by atoms with Gasteiger partial charge < -0.3 is 4.74 Å². The molecule has 1 rings (SSSR count). The molecular weight excluding hydrogens is 242 g/mol. The third kappa shape index (κ3) is 3.14. The first-order valence-electron chi connectivity index (χ1n) is 4.49. The van der Waals surface area contributed by atoms with Crippen molar-refractivity contribution in [1.82, 2.24) is 4.98 Å². The summed E-state index contributed by atoms with van der Waals surface area (Å²) in [5.74, 6) is 0.659. The lowest BCUT2D eigenvalue weighted by atomic mass is 10.3. The van der Waals surface area contributed by atoms with Crippen LogP contribution in [0.5, 0.6) is 5.88 Å². The number of hydrogen-bond donors (Lipinski definition) is 0. The minimum atomic E-state index is 0.629. The van der Waals surface area contributed by atoms with Gasteiger partial charge in [-0.05, 0) is 41.4 Å². The van der Waals surface area contributed by atoms with Crippen molar-refractivity contribution in [2.75, 3.05) is 6.61 Å². The predicted molar refractivity (Wildman–Crippen MR) is 61.6 cm³/mol. The van der Waals surface area contributed by atoms with Gasteiger partial charge in [-0.15, -0.1) is 6.58 Å². The van der Waals surface area contributed by atoms with Crippen LogP contribution in [0.3, 0.4) is 0 Å². The fourth-order valence-corrected chi connectivity index (χ4v) is 1.29. The highest BCUT2D eigenvalue weighted by molar-refractivity contribution is 9.10. The van der Waals surface area contributed by atoms with Crippen LogP contribution in [-0.2, 0) is 0 Å². The SMILES string of the molecule is C=C(C)CCOc1nccc(C)c1Br. The van der Waals surface area contributed by atoms with Crippen molar-refractivity contribution in [3.63, 3.8) is 0 Å². The summed E-state index contributed by atoms with van der Waals surface area (Å²) in [4.78, 5) is 4.14. The number of ether oxygens (including phenoxy) is 1. The van der Waals surface area contributed by atoms with Gasteiger partial charge in [0.25, 0.3) is 0 Å². The van der Waals surface area contributed by atoms with Gasteiger partial charge in [-0.2, -0.15) is 0 Å². The predicted octanol–water partition coefficient (Wildman–Crippen LogP) is 3.50. The van der Waals surface area contributed by atoms with Crippen LogP contribution in [0.2, 0.25) is 0 Å². The molecule has 1 heterocycles. The Morgan fingerprint density at radius 1 is 1.64 bits per heavy atom. The highest BCUT2D eigenvalue weighted by Crippen LogP contribution is 2.25. The Balaban J connectivity index is 2.59. The summed E-state index contributed by atoms with van der Waals surface area (Å²) in [6.45, 7) is 8.44. The summed E-state index contributed by atoms with van der Waals surface area (Å²) in [7, 11) is 0. The Morgan fingerprint density at radius 2 is 2.36 bits per heavy atom. The van der Waals surface area contributed by atoms with Gasteiger partial charge in [0, 0.05) is 12.6 Å². The second kappa shape index (κ2) is 5.15. The number of rotatable bonds is 4. The Hall–Kier alpha value is -0.830. The molecular formula is C11H14BrNO. The van der Waals surface area contributed by atoms with Crippen LogP contribution in [-0.4, -0.2) is 11.6 Å². The van der Waals surface area contributed by atoms with E-state index in [1.807, 2.05) is 19.9 Å². The minimum absolute atomic E-state index is 0.629. The van der Waals surface area contributed by atoms with Crippen LogP contribution in [0.1, 0.15) is 18.9 Å². The number of halogens is 1. The Labute approximate surface area is 93.1 Å². The van der Waals surface area contributed by atoms with E-state index in [0.717, 1.165) is 22.0 Å². The fourth-order valence-electron chi connectivity index (χ4n) is 0.938. The molecule has 0 amide bonds. The maximum Gasteiger partial charge on any atom is 0.228 e. The maximum absolute atomic E-state index is 5.51. The highest BCUT2D eigenvalue weighted by Gasteiger charge is 2.04. The third-order valence-electron chi connectivity index (χ3n) is 1.82. The first-order chi connectivity index (χ1) is 6.61. The molecule has 0 radical (unpaired) electrons. The summed E-state index contributed by atoms with van der Waals surface area (Å²) in [6.07, 6.45) is 2.61. The van der Waals surface area contributed by atoms with Crippen molar-refractivity contribution < 1.29 is 4.74 Å². The summed E-state index contributed by atoms with van der Waals surface area (Å²) in [5, 5.41) is 0. The fraction of sp³-hybridized carbons (Fsp3) is 0.364. The van der Waals surface area contributed by atoms with Crippen molar-refractivity contribution >= 4 is 15.9 Å². The van der Waals surface area contributed by atoms with Crippen molar-refractivity contribution in [2.45, 2.75) is 20.3 Å². The molecule has 76 valence electrons. The molecule has 0 aromatic carbocycles. The zero-order chi connectivity index (χ0) is 10.6. The smallest absolute Gasteiger partial charge is 0.228 e. The molecule has 14 heavy (non-hydrogen) atoms. The first kappa shape index (κ1) is 11.2. The molecule has 0 aliphatic heterocycles. The normalized spacial score (nSPS) is 9.93. The van der Waals surface area contributed by atoms with Crippen molar-refractivity contribution in [3.05, 3.63) is 34.5 Å². The number of aromatic nitrogens is 1. The Morgan fingerprint density at radius 3 is 3.00 bits per heavy atom. The van der Waals surface area contributed by atoms with E-state index in [1.54, 1.807) is 6.20 Å². The van der Waals surface area contributed by atoms with E-state index in [-0.39, 0.29) is 0 Å². The van der Waals surface area contributed by atoms with Crippen LogP contribution in [0.15, 0.2) is 28.9 Å². The molecule has 0 spiro atoms. The molecule has 0 unspecified atom stereocenters. The van der Waals surface area contributed by atoms with Gasteiger partial charge in [-0.25, -0.2) is 4.98 Å². The third-order valence-corrected chi connectivity index (χ3v) is 2.78. The van der Waals surface area contributed by atoms with E-state index in [4.69, 9.17) is 4.74 Å². The molecule has 1 aromatic heterocycles. The van der Waals surface area contributed by atoms with E-state index in [9.17, 15) is 0 Å². The summed E-state index contributed by atoms with van der Waals surface area (Å²) >= 11 is 3.44. The maximum atomic E-state index is 5.51. The van der Waals surface area contributed by atoms with E-state index in [1.165, 1.54) is 0 Å². The molecule has 0 bridgehead atoms.